The van der Waals surface area contributed by atoms with Crippen LogP contribution >= 0.6 is 11.3 Å². The Labute approximate surface area is 119 Å². The highest BCUT2D eigenvalue weighted by Crippen LogP contribution is 2.30. The molecule has 2 N–H and O–H groups in total. The van der Waals surface area contributed by atoms with Gasteiger partial charge in [0.15, 0.2) is 0 Å². The average Bonchev–Trinajstić information content (AvgIpc) is 2.72. The second-order valence-corrected chi connectivity index (χ2v) is 7.17. The molecule has 2 aromatic rings. The number of nitrogens with zero attached hydrogens (tertiary/aromatic N) is 1. The van der Waals surface area contributed by atoms with Crippen molar-refractivity contribution < 1.29 is 0 Å². The zero-order valence-corrected chi connectivity index (χ0v) is 13.0. The third kappa shape index (κ3) is 3.43. The van der Waals surface area contributed by atoms with Crippen molar-refractivity contribution in [1.29, 1.82) is 0 Å². The summed E-state index contributed by atoms with van der Waals surface area (Å²) in [5.41, 5.74) is 9.68. The Balaban J connectivity index is 2.29. The van der Waals surface area contributed by atoms with E-state index in [1.54, 1.807) is 11.3 Å². The van der Waals surface area contributed by atoms with Crippen LogP contribution in [0.5, 0.6) is 0 Å². The largest absolute Gasteiger partial charge is 0.326 e. The van der Waals surface area contributed by atoms with Crippen LogP contribution in [0.25, 0.3) is 0 Å². The van der Waals surface area contributed by atoms with Crippen molar-refractivity contribution in [3.63, 3.8) is 0 Å². The lowest BCUT2D eigenvalue weighted by Gasteiger charge is -2.16. The number of aryl methyl sites for hydroxylation is 1. The van der Waals surface area contributed by atoms with E-state index in [0.29, 0.717) is 6.54 Å². The summed E-state index contributed by atoms with van der Waals surface area (Å²) >= 11 is 1.75. The number of benzene rings is 1. The van der Waals surface area contributed by atoms with Gasteiger partial charge in [-0.3, -0.25) is 0 Å². The number of hydrogen-bond donors (Lipinski definition) is 1. The molecular formula is C16H22N2S. The summed E-state index contributed by atoms with van der Waals surface area (Å²) in [6.45, 7) is 9.28. The lowest BCUT2D eigenvalue weighted by molar-refractivity contribution is 0.564. The molecule has 19 heavy (non-hydrogen) atoms. The van der Waals surface area contributed by atoms with Crippen LogP contribution in [0.1, 0.15) is 47.5 Å². The quantitative estimate of drug-likeness (QED) is 0.924. The van der Waals surface area contributed by atoms with Crippen LogP contribution in [0.2, 0.25) is 0 Å². The van der Waals surface area contributed by atoms with E-state index in [0.717, 1.165) is 17.1 Å². The molecule has 102 valence electrons. The highest BCUT2D eigenvalue weighted by Gasteiger charge is 2.22. The SMILES string of the molecule is Cc1cccc(Cc2nc(C(C)(C)C)c(CN)s2)c1. The topological polar surface area (TPSA) is 38.9 Å². The number of aromatic nitrogens is 1. The van der Waals surface area contributed by atoms with E-state index in [1.807, 2.05) is 0 Å². The minimum absolute atomic E-state index is 0.0655. The predicted molar refractivity (Wildman–Crippen MR) is 82.7 cm³/mol. The van der Waals surface area contributed by atoms with Crippen LogP contribution < -0.4 is 5.73 Å². The lowest BCUT2D eigenvalue weighted by Crippen LogP contribution is -2.15. The molecule has 0 saturated heterocycles. The van der Waals surface area contributed by atoms with E-state index < -0.39 is 0 Å². The van der Waals surface area contributed by atoms with E-state index in [4.69, 9.17) is 10.7 Å². The molecule has 0 spiro atoms. The smallest absolute Gasteiger partial charge is 0.0975 e. The van der Waals surface area contributed by atoms with Crippen molar-refractivity contribution >= 4 is 11.3 Å². The van der Waals surface area contributed by atoms with E-state index in [9.17, 15) is 0 Å². The summed E-state index contributed by atoms with van der Waals surface area (Å²) in [4.78, 5) is 6.03. The van der Waals surface area contributed by atoms with E-state index >= 15 is 0 Å². The zero-order valence-electron chi connectivity index (χ0n) is 12.2. The Hall–Kier alpha value is -1.19. The first kappa shape index (κ1) is 14.2. The van der Waals surface area contributed by atoms with Gasteiger partial charge in [0, 0.05) is 23.3 Å². The molecule has 0 bridgehead atoms. The van der Waals surface area contributed by atoms with Crippen molar-refractivity contribution in [2.24, 2.45) is 5.73 Å². The van der Waals surface area contributed by atoms with Crippen LogP contribution in [-0.4, -0.2) is 4.98 Å². The third-order valence-electron chi connectivity index (χ3n) is 3.08. The van der Waals surface area contributed by atoms with Gasteiger partial charge in [-0.05, 0) is 12.5 Å². The molecule has 3 heteroatoms. The molecular weight excluding hydrogens is 252 g/mol. The first-order chi connectivity index (χ1) is 8.90. The van der Waals surface area contributed by atoms with E-state index in [1.165, 1.54) is 16.0 Å². The Morgan fingerprint density at radius 2 is 2.00 bits per heavy atom. The highest BCUT2D eigenvalue weighted by molar-refractivity contribution is 7.11. The number of hydrogen-bond acceptors (Lipinski definition) is 3. The minimum atomic E-state index is 0.0655. The second-order valence-electron chi connectivity index (χ2n) is 6.00. The van der Waals surface area contributed by atoms with Crippen LogP contribution in [0.4, 0.5) is 0 Å². The minimum Gasteiger partial charge on any atom is -0.326 e. The second kappa shape index (κ2) is 5.43. The molecule has 0 fully saturated rings. The molecule has 1 heterocycles. The monoisotopic (exact) mass is 274 g/mol. The molecule has 0 radical (unpaired) electrons. The van der Waals surface area contributed by atoms with Crippen molar-refractivity contribution in [3.8, 4) is 0 Å². The first-order valence-electron chi connectivity index (χ1n) is 6.65. The van der Waals surface area contributed by atoms with Gasteiger partial charge in [0.1, 0.15) is 0 Å². The average molecular weight is 274 g/mol. The third-order valence-corrected chi connectivity index (χ3v) is 4.15. The molecule has 0 unspecified atom stereocenters. The normalized spacial score (nSPS) is 11.8. The fraction of sp³-hybridized carbons (Fsp3) is 0.438. The highest BCUT2D eigenvalue weighted by atomic mass is 32.1. The van der Waals surface area contributed by atoms with Gasteiger partial charge in [0.05, 0.1) is 10.7 Å². The maximum absolute atomic E-state index is 5.85. The van der Waals surface area contributed by atoms with Gasteiger partial charge in [0.25, 0.3) is 0 Å². The summed E-state index contributed by atoms with van der Waals surface area (Å²) in [6, 6.07) is 8.61. The Bertz CT molecular complexity index is 564. The maximum Gasteiger partial charge on any atom is 0.0975 e. The van der Waals surface area contributed by atoms with Crippen LogP contribution in [-0.2, 0) is 18.4 Å². The summed E-state index contributed by atoms with van der Waals surface area (Å²) < 4.78 is 0. The number of rotatable bonds is 3. The van der Waals surface area contributed by atoms with Gasteiger partial charge >= 0.3 is 0 Å². The van der Waals surface area contributed by atoms with Crippen LogP contribution in [0.3, 0.4) is 0 Å². The van der Waals surface area contributed by atoms with Gasteiger partial charge in [0.2, 0.25) is 0 Å². The van der Waals surface area contributed by atoms with Crippen LogP contribution in [0.15, 0.2) is 24.3 Å². The fourth-order valence-electron chi connectivity index (χ4n) is 2.20. The van der Waals surface area contributed by atoms with Crippen molar-refractivity contribution in [2.45, 2.75) is 46.1 Å². The van der Waals surface area contributed by atoms with Gasteiger partial charge in [-0.15, -0.1) is 11.3 Å². The molecule has 0 saturated carbocycles. The van der Waals surface area contributed by atoms with Crippen molar-refractivity contribution in [2.75, 3.05) is 0 Å². The molecule has 1 aromatic carbocycles. The zero-order chi connectivity index (χ0) is 14.0. The van der Waals surface area contributed by atoms with Crippen molar-refractivity contribution in [1.82, 2.24) is 4.98 Å². The molecule has 0 aliphatic heterocycles. The molecule has 2 rings (SSSR count). The summed E-state index contributed by atoms with van der Waals surface area (Å²) in [6.07, 6.45) is 0.898. The standard InChI is InChI=1S/C16H22N2S/c1-11-6-5-7-12(8-11)9-14-18-15(16(2,3)4)13(10-17)19-14/h5-8H,9-10,17H2,1-4H3. The first-order valence-corrected chi connectivity index (χ1v) is 7.46. The Kier molecular flexibility index (Phi) is 4.07. The molecule has 0 aliphatic carbocycles. The predicted octanol–water partition coefficient (Wildman–Crippen LogP) is 3.80. The van der Waals surface area contributed by atoms with Crippen LogP contribution in [0, 0.1) is 6.92 Å². The summed E-state index contributed by atoms with van der Waals surface area (Å²) in [5.74, 6) is 0. The lowest BCUT2D eigenvalue weighted by atomic mass is 9.91. The Morgan fingerprint density at radius 3 is 2.53 bits per heavy atom. The Morgan fingerprint density at radius 1 is 1.26 bits per heavy atom. The van der Waals surface area contributed by atoms with Gasteiger partial charge in [-0.25, -0.2) is 4.98 Å². The van der Waals surface area contributed by atoms with E-state index in [-0.39, 0.29) is 5.41 Å². The van der Waals surface area contributed by atoms with Gasteiger partial charge < -0.3 is 5.73 Å². The maximum atomic E-state index is 5.85. The summed E-state index contributed by atoms with van der Waals surface area (Å²) in [7, 11) is 0. The number of thiazole rings is 1. The molecule has 0 aliphatic rings. The molecule has 0 amide bonds. The van der Waals surface area contributed by atoms with Gasteiger partial charge in [-0.1, -0.05) is 50.6 Å². The fourth-order valence-corrected chi connectivity index (χ4v) is 3.39. The van der Waals surface area contributed by atoms with Crippen molar-refractivity contribution in [3.05, 3.63) is 51.0 Å². The summed E-state index contributed by atoms with van der Waals surface area (Å²) in [5, 5.41) is 1.16. The van der Waals surface area contributed by atoms with Gasteiger partial charge in [-0.2, -0.15) is 0 Å². The number of nitrogens with two attached hydrogens (primary N) is 1. The molecule has 2 nitrogen and oxygen atoms in total. The van der Waals surface area contributed by atoms with E-state index in [2.05, 4.69) is 52.0 Å². The molecule has 1 aromatic heterocycles. The molecule has 0 atom stereocenters.